The van der Waals surface area contributed by atoms with Crippen LogP contribution in [0.4, 0.5) is 0 Å². The van der Waals surface area contributed by atoms with E-state index in [2.05, 4.69) is 23.5 Å². The van der Waals surface area contributed by atoms with Crippen LogP contribution < -0.4 is 5.32 Å². The van der Waals surface area contributed by atoms with Crippen LogP contribution in [-0.4, -0.2) is 28.9 Å². The summed E-state index contributed by atoms with van der Waals surface area (Å²) in [5, 5.41) is 3.84. The van der Waals surface area contributed by atoms with Gasteiger partial charge in [-0.05, 0) is 30.7 Å². The number of rotatable bonds is 6. The minimum atomic E-state index is -0.0838. The maximum Gasteiger partial charge on any atom is 0.251 e. The van der Waals surface area contributed by atoms with Crippen molar-refractivity contribution in [2.75, 3.05) is 12.8 Å². The van der Waals surface area contributed by atoms with Gasteiger partial charge in [0.2, 0.25) is 0 Å². The highest BCUT2D eigenvalue weighted by Crippen LogP contribution is 2.17. The Hall–Kier alpha value is -0.740. The van der Waals surface area contributed by atoms with Crippen molar-refractivity contribution >= 4 is 29.3 Å². The van der Waals surface area contributed by atoms with Crippen LogP contribution in [0.3, 0.4) is 0 Å². The van der Waals surface area contributed by atoms with Crippen molar-refractivity contribution in [2.24, 2.45) is 0 Å². The van der Waals surface area contributed by atoms with Gasteiger partial charge in [0.15, 0.2) is 0 Å². The lowest BCUT2D eigenvalue weighted by atomic mass is 10.1. The van der Waals surface area contributed by atoms with Gasteiger partial charge in [0.25, 0.3) is 5.91 Å². The Labute approximate surface area is 124 Å². The topological polar surface area (TPSA) is 42.0 Å². The Bertz CT molecular complexity index is 437. The zero-order valence-electron chi connectivity index (χ0n) is 11.9. The third-order valence-electron chi connectivity index (χ3n) is 2.91. The maximum atomic E-state index is 12.0. The van der Waals surface area contributed by atoms with E-state index < -0.39 is 0 Å². The van der Waals surface area contributed by atoms with Crippen LogP contribution in [0.25, 0.3) is 0 Å². The molecule has 1 atom stereocenters. The highest BCUT2D eigenvalue weighted by atomic mass is 35.5. The highest BCUT2D eigenvalue weighted by molar-refractivity contribution is 7.99. The van der Waals surface area contributed by atoms with Crippen molar-refractivity contribution in [3.8, 4) is 0 Å². The van der Waals surface area contributed by atoms with Crippen molar-refractivity contribution < 1.29 is 4.79 Å². The Morgan fingerprint density at radius 1 is 1.42 bits per heavy atom. The molecular weight excluding hydrogens is 280 g/mol. The van der Waals surface area contributed by atoms with Crippen molar-refractivity contribution in [1.29, 1.82) is 0 Å². The molecule has 1 amide bonds. The molecule has 106 valence electrons. The zero-order valence-corrected chi connectivity index (χ0v) is 13.4. The van der Waals surface area contributed by atoms with Gasteiger partial charge in [-0.2, -0.15) is 11.8 Å². The van der Waals surface area contributed by atoms with Crippen LogP contribution in [0, 0.1) is 0 Å². The summed E-state index contributed by atoms with van der Waals surface area (Å²) in [4.78, 5) is 16.3. The van der Waals surface area contributed by atoms with Gasteiger partial charge in [-0.15, -0.1) is 0 Å². The monoisotopic (exact) mass is 300 g/mol. The molecular formula is C14H21ClN2OS. The largest absolute Gasteiger partial charge is 0.352 e. The molecule has 0 saturated heterocycles. The molecule has 0 saturated carbocycles. The molecule has 0 bridgehead atoms. The predicted octanol–water partition coefficient (Wildman–Crippen LogP) is 3.73. The number of hydrogen-bond donors (Lipinski definition) is 1. The summed E-state index contributed by atoms with van der Waals surface area (Å²) in [7, 11) is 0. The summed E-state index contributed by atoms with van der Waals surface area (Å²) < 4.78 is 0. The standard InChI is InChI=1S/C14H21ClN2OS/c1-9(2)12-7-11(8-13(15)17-12)14(18)16-6-5-10(3)19-4/h7-10H,5-6H2,1-4H3,(H,16,18). The predicted molar refractivity (Wildman–Crippen MR) is 83.3 cm³/mol. The molecule has 0 aliphatic carbocycles. The number of carbonyl (C=O) groups excluding carboxylic acids is 1. The average molecular weight is 301 g/mol. The second-order valence-electron chi connectivity index (χ2n) is 4.85. The molecule has 0 radical (unpaired) electrons. The van der Waals surface area contributed by atoms with Gasteiger partial charge in [0, 0.05) is 23.1 Å². The molecule has 3 nitrogen and oxygen atoms in total. The van der Waals surface area contributed by atoms with Crippen LogP contribution in [-0.2, 0) is 0 Å². The molecule has 1 aromatic heterocycles. The summed E-state index contributed by atoms with van der Waals surface area (Å²) in [6.07, 6.45) is 3.03. The fourth-order valence-electron chi connectivity index (χ4n) is 1.55. The molecule has 1 N–H and O–H groups in total. The van der Waals surface area contributed by atoms with Crippen LogP contribution in [0.5, 0.6) is 0 Å². The third-order valence-corrected chi connectivity index (χ3v) is 4.14. The first-order valence-corrected chi connectivity index (χ1v) is 8.09. The van der Waals surface area contributed by atoms with E-state index in [1.807, 2.05) is 19.9 Å². The van der Waals surface area contributed by atoms with Gasteiger partial charge in [0.05, 0.1) is 0 Å². The van der Waals surface area contributed by atoms with E-state index in [-0.39, 0.29) is 11.8 Å². The zero-order chi connectivity index (χ0) is 14.4. The van der Waals surface area contributed by atoms with Crippen molar-refractivity contribution in [2.45, 2.75) is 38.4 Å². The van der Waals surface area contributed by atoms with E-state index in [9.17, 15) is 4.79 Å². The first-order chi connectivity index (χ1) is 8.93. The number of aromatic nitrogens is 1. The van der Waals surface area contributed by atoms with Crippen molar-refractivity contribution in [3.05, 3.63) is 28.5 Å². The van der Waals surface area contributed by atoms with Gasteiger partial charge < -0.3 is 5.32 Å². The Balaban J connectivity index is 2.66. The molecule has 0 aliphatic heterocycles. The molecule has 0 aliphatic rings. The lowest BCUT2D eigenvalue weighted by Gasteiger charge is -2.11. The number of hydrogen-bond acceptors (Lipinski definition) is 3. The summed E-state index contributed by atoms with van der Waals surface area (Å²) >= 11 is 7.75. The van der Waals surface area contributed by atoms with Crippen LogP contribution in [0.2, 0.25) is 5.15 Å². The van der Waals surface area contributed by atoms with E-state index in [1.54, 1.807) is 17.8 Å². The SMILES string of the molecule is CSC(C)CCNC(=O)c1cc(Cl)nc(C(C)C)c1. The molecule has 1 aromatic rings. The van der Waals surface area contributed by atoms with Crippen LogP contribution >= 0.6 is 23.4 Å². The minimum absolute atomic E-state index is 0.0838. The number of thioether (sulfide) groups is 1. The smallest absolute Gasteiger partial charge is 0.251 e. The quantitative estimate of drug-likeness (QED) is 0.814. The van der Waals surface area contributed by atoms with Crippen molar-refractivity contribution in [3.63, 3.8) is 0 Å². The van der Waals surface area contributed by atoms with Crippen LogP contribution in [0.15, 0.2) is 12.1 Å². The number of pyridine rings is 1. The Morgan fingerprint density at radius 3 is 2.68 bits per heavy atom. The fourth-order valence-corrected chi connectivity index (χ4v) is 2.12. The fraction of sp³-hybridized carbons (Fsp3) is 0.571. The molecule has 0 fully saturated rings. The van der Waals surface area contributed by atoms with E-state index >= 15 is 0 Å². The molecule has 1 unspecified atom stereocenters. The Kier molecular flexibility index (Phi) is 6.66. The van der Waals surface area contributed by atoms with E-state index in [0.29, 0.717) is 22.5 Å². The number of nitrogens with one attached hydrogen (secondary N) is 1. The average Bonchev–Trinajstić information content (AvgIpc) is 2.37. The van der Waals surface area contributed by atoms with Gasteiger partial charge in [-0.25, -0.2) is 4.98 Å². The van der Waals surface area contributed by atoms with Gasteiger partial charge in [0.1, 0.15) is 5.15 Å². The second kappa shape index (κ2) is 7.75. The summed E-state index contributed by atoms with van der Waals surface area (Å²) in [5.41, 5.74) is 1.43. The van der Waals surface area contributed by atoms with Crippen molar-refractivity contribution in [1.82, 2.24) is 10.3 Å². The third kappa shape index (κ3) is 5.41. The van der Waals surface area contributed by atoms with E-state index in [1.165, 1.54) is 0 Å². The number of amides is 1. The van der Waals surface area contributed by atoms with Gasteiger partial charge in [-0.1, -0.05) is 32.4 Å². The molecule has 1 heterocycles. The van der Waals surface area contributed by atoms with Gasteiger partial charge in [-0.3, -0.25) is 4.79 Å². The lowest BCUT2D eigenvalue weighted by Crippen LogP contribution is -2.26. The highest BCUT2D eigenvalue weighted by Gasteiger charge is 2.11. The van der Waals surface area contributed by atoms with E-state index in [4.69, 9.17) is 11.6 Å². The first kappa shape index (κ1) is 16.3. The molecule has 1 rings (SSSR count). The summed E-state index contributed by atoms with van der Waals surface area (Å²) in [6.45, 7) is 6.88. The minimum Gasteiger partial charge on any atom is -0.352 e. The normalized spacial score (nSPS) is 12.5. The molecule has 0 spiro atoms. The number of halogens is 1. The lowest BCUT2D eigenvalue weighted by molar-refractivity contribution is 0.0953. The summed E-state index contributed by atoms with van der Waals surface area (Å²) in [6, 6.07) is 3.42. The van der Waals surface area contributed by atoms with E-state index in [0.717, 1.165) is 12.1 Å². The Morgan fingerprint density at radius 2 is 2.11 bits per heavy atom. The first-order valence-electron chi connectivity index (χ1n) is 6.42. The number of nitrogens with zero attached hydrogens (tertiary/aromatic N) is 1. The molecule has 19 heavy (non-hydrogen) atoms. The van der Waals surface area contributed by atoms with Crippen LogP contribution in [0.1, 0.15) is 49.2 Å². The second-order valence-corrected chi connectivity index (χ2v) is 6.51. The molecule has 5 heteroatoms. The summed E-state index contributed by atoms with van der Waals surface area (Å²) in [5.74, 6) is 0.168. The van der Waals surface area contributed by atoms with Gasteiger partial charge >= 0.3 is 0 Å². The number of carbonyl (C=O) groups is 1. The molecule has 0 aromatic carbocycles. The maximum absolute atomic E-state index is 12.0.